The fourth-order valence-electron chi connectivity index (χ4n) is 1.11. The highest BCUT2D eigenvalue weighted by molar-refractivity contribution is 8.01. The Morgan fingerprint density at radius 1 is 1.38 bits per heavy atom. The Morgan fingerprint density at radius 2 is 2.19 bits per heavy atom. The van der Waals surface area contributed by atoms with E-state index in [4.69, 9.17) is 0 Å². The van der Waals surface area contributed by atoms with Crippen LogP contribution in [0.3, 0.4) is 0 Å². The van der Waals surface area contributed by atoms with Crippen LogP contribution in [-0.4, -0.2) is 12.0 Å². The normalized spacial score (nSPS) is 10.4. The third-order valence-corrected chi connectivity index (χ3v) is 3.84. The summed E-state index contributed by atoms with van der Waals surface area (Å²) in [4.78, 5) is 3.87. The molecule has 84 valence electrons. The van der Waals surface area contributed by atoms with Gasteiger partial charge in [0.1, 0.15) is 5.03 Å². The summed E-state index contributed by atoms with van der Waals surface area (Å²) < 4.78 is 27.5. The molecule has 0 radical (unpaired) electrons. The molecule has 1 N–H and O–H groups in total. The Labute approximate surface area is 99.7 Å². The van der Waals surface area contributed by atoms with Crippen molar-refractivity contribution in [1.29, 1.82) is 0 Å². The summed E-state index contributed by atoms with van der Waals surface area (Å²) >= 11 is 2.67. The van der Waals surface area contributed by atoms with Crippen molar-refractivity contribution in [3.63, 3.8) is 0 Å². The number of nitrogens with one attached hydrogen (secondary N) is 1. The van der Waals surface area contributed by atoms with Gasteiger partial charge in [0.15, 0.2) is 17.5 Å². The molecule has 0 saturated carbocycles. The number of anilines is 1. The van der Waals surface area contributed by atoms with Gasteiger partial charge in [-0.05, 0) is 11.4 Å². The van der Waals surface area contributed by atoms with E-state index in [1.165, 1.54) is 23.1 Å². The molecule has 0 aliphatic carbocycles. The van der Waals surface area contributed by atoms with Crippen LogP contribution in [0.2, 0.25) is 0 Å². The number of rotatable bonds is 3. The minimum atomic E-state index is -0.685. The van der Waals surface area contributed by atoms with Crippen LogP contribution in [0, 0.1) is 11.6 Å². The molecule has 0 aliphatic heterocycles. The lowest BCUT2D eigenvalue weighted by Crippen LogP contribution is -1.99. The largest absolute Gasteiger partial charge is 0.371 e. The number of pyridine rings is 1. The van der Waals surface area contributed by atoms with Gasteiger partial charge in [0.05, 0.1) is 4.21 Å². The standard InChI is InChI=1S/C10H8F2N2S2/c1-13-9-6(11)5-7(12)10(14-9)16-8-3-2-4-15-8/h2-5H,1H3,(H,13,14). The van der Waals surface area contributed by atoms with E-state index in [1.807, 2.05) is 17.5 Å². The van der Waals surface area contributed by atoms with Crippen LogP contribution in [0.1, 0.15) is 0 Å². The third-order valence-electron chi connectivity index (χ3n) is 1.83. The van der Waals surface area contributed by atoms with Gasteiger partial charge in [-0.3, -0.25) is 0 Å². The maximum Gasteiger partial charge on any atom is 0.168 e. The summed E-state index contributed by atoms with van der Waals surface area (Å²) in [5.41, 5.74) is 0. The first-order valence-electron chi connectivity index (χ1n) is 4.46. The first kappa shape index (κ1) is 11.3. The highest BCUT2D eigenvalue weighted by atomic mass is 32.2. The van der Waals surface area contributed by atoms with Gasteiger partial charge in [-0.1, -0.05) is 17.8 Å². The summed E-state index contributed by atoms with van der Waals surface area (Å²) in [5.74, 6) is -1.27. The minimum Gasteiger partial charge on any atom is -0.371 e. The number of hydrogen-bond donors (Lipinski definition) is 1. The van der Waals surface area contributed by atoms with Crippen LogP contribution in [0.4, 0.5) is 14.6 Å². The quantitative estimate of drug-likeness (QED) is 0.910. The lowest BCUT2D eigenvalue weighted by Gasteiger charge is -2.05. The van der Waals surface area contributed by atoms with Crippen molar-refractivity contribution in [2.75, 3.05) is 12.4 Å². The highest BCUT2D eigenvalue weighted by Crippen LogP contribution is 2.32. The number of nitrogens with zero attached hydrogens (tertiary/aromatic N) is 1. The lowest BCUT2D eigenvalue weighted by molar-refractivity contribution is 0.552. The van der Waals surface area contributed by atoms with E-state index in [-0.39, 0.29) is 10.8 Å². The summed E-state index contributed by atoms with van der Waals surface area (Å²) in [6.07, 6.45) is 0. The second-order valence-electron chi connectivity index (χ2n) is 2.89. The molecule has 0 amide bonds. The van der Waals surface area contributed by atoms with E-state index in [2.05, 4.69) is 10.3 Å². The molecule has 0 fully saturated rings. The molecule has 0 saturated heterocycles. The average molecular weight is 258 g/mol. The molecule has 16 heavy (non-hydrogen) atoms. The van der Waals surface area contributed by atoms with E-state index >= 15 is 0 Å². The van der Waals surface area contributed by atoms with Gasteiger partial charge >= 0.3 is 0 Å². The first-order chi connectivity index (χ1) is 7.70. The van der Waals surface area contributed by atoms with Crippen molar-refractivity contribution in [3.05, 3.63) is 35.2 Å². The van der Waals surface area contributed by atoms with Crippen molar-refractivity contribution in [1.82, 2.24) is 4.98 Å². The van der Waals surface area contributed by atoms with Gasteiger partial charge in [-0.25, -0.2) is 13.8 Å². The predicted molar refractivity (Wildman–Crippen MR) is 62.1 cm³/mol. The van der Waals surface area contributed by atoms with E-state index in [0.717, 1.165) is 10.3 Å². The number of thiophene rings is 1. The Balaban J connectivity index is 2.33. The molecule has 2 heterocycles. The summed E-state index contributed by atoms with van der Waals surface area (Å²) in [6, 6.07) is 4.57. The van der Waals surface area contributed by atoms with Crippen LogP contribution in [0.15, 0.2) is 32.8 Å². The number of aromatic nitrogens is 1. The van der Waals surface area contributed by atoms with Crippen LogP contribution in [-0.2, 0) is 0 Å². The van der Waals surface area contributed by atoms with E-state index < -0.39 is 11.6 Å². The molecule has 2 nitrogen and oxygen atoms in total. The number of halogens is 2. The lowest BCUT2D eigenvalue weighted by atomic mass is 10.4. The van der Waals surface area contributed by atoms with Gasteiger partial charge in [0, 0.05) is 13.1 Å². The van der Waals surface area contributed by atoms with E-state index in [0.29, 0.717) is 0 Å². The monoisotopic (exact) mass is 258 g/mol. The zero-order chi connectivity index (χ0) is 11.5. The molecule has 2 aromatic rings. The Hall–Kier alpha value is -1.14. The molecule has 0 aromatic carbocycles. The molecule has 6 heteroatoms. The molecule has 0 spiro atoms. The molecular weight excluding hydrogens is 250 g/mol. The molecule has 0 bridgehead atoms. The van der Waals surface area contributed by atoms with E-state index in [9.17, 15) is 8.78 Å². The minimum absolute atomic E-state index is 0.0560. The molecule has 2 aromatic heterocycles. The second kappa shape index (κ2) is 4.80. The smallest absolute Gasteiger partial charge is 0.168 e. The van der Waals surface area contributed by atoms with E-state index in [1.54, 1.807) is 7.05 Å². The second-order valence-corrected chi connectivity index (χ2v) is 5.13. The third kappa shape index (κ3) is 2.33. The number of hydrogen-bond acceptors (Lipinski definition) is 4. The van der Waals surface area contributed by atoms with Gasteiger partial charge in [0.25, 0.3) is 0 Å². The maximum absolute atomic E-state index is 13.4. The fraction of sp³-hybridized carbons (Fsp3) is 0.100. The van der Waals surface area contributed by atoms with Crippen LogP contribution >= 0.6 is 23.1 Å². The average Bonchev–Trinajstić information content (AvgIpc) is 2.75. The van der Waals surface area contributed by atoms with Gasteiger partial charge < -0.3 is 5.32 Å². The summed E-state index contributed by atoms with van der Waals surface area (Å²) in [6.45, 7) is 0. The maximum atomic E-state index is 13.4. The molecular formula is C10H8F2N2S2. The van der Waals surface area contributed by atoms with Gasteiger partial charge in [0.2, 0.25) is 0 Å². The SMILES string of the molecule is CNc1nc(Sc2cccs2)c(F)cc1F. The van der Waals surface area contributed by atoms with Gasteiger partial charge in [-0.2, -0.15) is 0 Å². The zero-order valence-electron chi connectivity index (χ0n) is 8.33. The predicted octanol–water partition coefficient (Wildman–Crippen LogP) is 3.61. The Kier molecular flexibility index (Phi) is 3.40. The highest BCUT2D eigenvalue weighted by Gasteiger charge is 2.12. The van der Waals surface area contributed by atoms with Crippen molar-refractivity contribution in [3.8, 4) is 0 Å². The first-order valence-corrected chi connectivity index (χ1v) is 6.15. The summed E-state index contributed by atoms with van der Waals surface area (Å²) in [7, 11) is 1.54. The van der Waals surface area contributed by atoms with Crippen molar-refractivity contribution >= 4 is 28.9 Å². The van der Waals surface area contributed by atoms with Crippen LogP contribution in [0.25, 0.3) is 0 Å². The van der Waals surface area contributed by atoms with Crippen molar-refractivity contribution < 1.29 is 8.78 Å². The molecule has 0 unspecified atom stereocenters. The van der Waals surface area contributed by atoms with Crippen LogP contribution in [0.5, 0.6) is 0 Å². The van der Waals surface area contributed by atoms with Gasteiger partial charge in [-0.15, -0.1) is 11.3 Å². The Bertz CT molecular complexity index is 486. The molecule has 2 rings (SSSR count). The summed E-state index contributed by atoms with van der Waals surface area (Å²) in [5, 5.41) is 4.65. The molecule has 0 atom stereocenters. The topological polar surface area (TPSA) is 24.9 Å². The Morgan fingerprint density at radius 3 is 2.81 bits per heavy atom. The fourth-order valence-corrected chi connectivity index (χ4v) is 2.79. The molecule has 0 aliphatic rings. The van der Waals surface area contributed by atoms with Crippen molar-refractivity contribution in [2.24, 2.45) is 0 Å². The van der Waals surface area contributed by atoms with Crippen molar-refractivity contribution in [2.45, 2.75) is 9.24 Å². The zero-order valence-corrected chi connectivity index (χ0v) is 9.96. The van der Waals surface area contributed by atoms with Crippen LogP contribution < -0.4 is 5.32 Å².